The summed E-state index contributed by atoms with van der Waals surface area (Å²) < 4.78 is 4.07. The van der Waals surface area contributed by atoms with Crippen molar-refractivity contribution in [3.63, 3.8) is 0 Å². The maximum Gasteiger partial charge on any atom is 0.0369 e. The van der Waals surface area contributed by atoms with E-state index in [4.69, 9.17) is 0 Å². The fourth-order valence-electron chi connectivity index (χ4n) is 6.48. The Hall–Kier alpha value is -4.50. The highest BCUT2D eigenvalue weighted by atomic mass is 32.1. The molecule has 0 bridgehead atoms. The van der Waals surface area contributed by atoms with E-state index in [9.17, 15) is 0 Å². The third-order valence-corrected chi connectivity index (χ3v) is 10.3. The molecule has 7 aromatic carbocycles. The summed E-state index contributed by atoms with van der Waals surface area (Å²) in [5.41, 5.74) is 5.16. The summed E-state index contributed by atoms with van der Waals surface area (Å²) in [7, 11) is 0. The summed E-state index contributed by atoms with van der Waals surface area (Å²) >= 11 is 3.73. The second-order valence-corrected chi connectivity index (χ2v) is 12.6. The first-order valence-corrected chi connectivity index (χ1v) is 15.3. The first-order valence-electron chi connectivity index (χ1n) is 13.6. The minimum atomic E-state index is 1.26. The maximum atomic E-state index is 2.41. The minimum Gasteiger partial charge on any atom is -0.144 e. The second kappa shape index (κ2) is 8.50. The first-order chi connectivity index (χ1) is 19.8. The van der Waals surface area contributed by atoms with Gasteiger partial charge in [-0.15, -0.1) is 22.7 Å². The molecule has 9 rings (SSSR count). The molecule has 0 radical (unpaired) electrons. The molecule has 0 fully saturated rings. The third kappa shape index (κ3) is 3.24. The summed E-state index contributed by atoms with van der Waals surface area (Å²) in [5.74, 6) is 0. The van der Waals surface area contributed by atoms with Crippen molar-refractivity contribution in [2.75, 3.05) is 0 Å². The van der Waals surface area contributed by atoms with Crippen LogP contribution in [0.25, 0.3) is 84.8 Å². The molecule has 0 unspecified atom stereocenters. The van der Waals surface area contributed by atoms with Crippen molar-refractivity contribution in [1.82, 2.24) is 0 Å². The molecule has 0 N–H and O–H groups in total. The van der Waals surface area contributed by atoms with E-state index >= 15 is 0 Å². The largest absolute Gasteiger partial charge is 0.144 e. The highest BCUT2D eigenvalue weighted by molar-refractivity contribution is 7.26. The Morgan fingerprint density at radius 2 is 0.950 bits per heavy atom. The van der Waals surface area contributed by atoms with Crippen molar-refractivity contribution in [2.45, 2.75) is 0 Å². The van der Waals surface area contributed by atoms with Gasteiger partial charge in [-0.2, -0.15) is 0 Å². The molecule has 0 amide bonds. The molecule has 0 atom stereocenters. The Balaban J connectivity index is 1.35. The summed E-state index contributed by atoms with van der Waals surface area (Å²) in [6.45, 7) is 0. The van der Waals surface area contributed by atoms with Gasteiger partial charge < -0.3 is 0 Å². The van der Waals surface area contributed by atoms with Gasteiger partial charge in [0.25, 0.3) is 0 Å². The average Bonchev–Trinajstić information content (AvgIpc) is 3.61. The number of hydrogen-bond donors (Lipinski definition) is 0. The van der Waals surface area contributed by atoms with Crippen molar-refractivity contribution >= 4 is 85.2 Å². The van der Waals surface area contributed by atoms with E-state index in [1.807, 2.05) is 22.7 Å². The molecule has 2 heterocycles. The normalized spacial score (nSPS) is 12.0. The van der Waals surface area contributed by atoms with Gasteiger partial charge >= 0.3 is 0 Å². The monoisotopic (exact) mass is 542 g/mol. The number of benzene rings is 7. The maximum absolute atomic E-state index is 2.41. The highest BCUT2D eigenvalue weighted by Crippen LogP contribution is 2.46. The predicted molar refractivity (Wildman–Crippen MR) is 178 cm³/mol. The molecular weight excluding hydrogens is 521 g/mol. The Labute approximate surface area is 239 Å². The Bertz CT molecular complexity index is 2380. The second-order valence-electron chi connectivity index (χ2n) is 10.5. The lowest BCUT2D eigenvalue weighted by molar-refractivity contribution is 1.69. The van der Waals surface area contributed by atoms with Crippen LogP contribution in [0.3, 0.4) is 0 Å². The van der Waals surface area contributed by atoms with Crippen LogP contribution in [0.4, 0.5) is 0 Å². The van der Waals surface area contributed by atoms with Gasteiger partial charge in [-0.05, 0) is 95.7 Å². The number of rotatable bonds is 2. The van der Waals surface area contributed by atoms with E-state index in [0.29, 0.717) is 0 Å². The molecule has 186 valence electrons. The summed E-state index contributed by atoms with van der Waals surface area (Å²) in [5, 5.41) is 14.0. The van der Waals surface area contributed by atoms with Crippen molar-refractivity contribution < 1.29 is 0 Å². The lowest BCUT2D eigenvalue weighted by Crippen LogP contribution is -1.90. The SMILES string of the molecule is c1ccc2cc(-c3c4ccccc4c(-c4ccc5c(c4)sc4cc6sccc6cc45)c4ccccc34)ccc2c1. The van der Waals surface area contributed by atoms with Gasteiger partial charge in [-0.1, -0.05) is 97.1 Å². The van der Waals surface area contributed by atoms with E-state index in [2.05, 4.69) is 133 Å². The molecule has 40 heavy (non-hydrogen) atoms. The van der Waals surface area contributed by atoms with Crippen LogP contribution in [-0.4, -0.2) is 0 Å². The molecule has 2 aromatic heterocycles. The topological polar surface area (TPSA) is 0 Å². The van der Waals surface area contributed by atoms with Gasteiger partial charge in [0, 0.05) is 24.9 Å². The molecule has 9 aromatic rings. The van der Waals surface area contributed by atoms with E-state index in [1.54, 1.807) is 0 Å². The van der Waals surface area contributed by atoms with Gasteiger partial charge in [-0.25, -0.2) is 0 Å². The highest BCUT2D eigenvalue weighted by Gasteiger charge is 2.17. The van der Waals surface area contributed by atoms with Crippen LogP contribution in [0.1, 0.15) is 0 Å². The van der Waals surface area contributed by atoms with E-state index < -0.39 is 0 Å². The van der Waals surface area contributed by atoms with Crippen LogP contribution in [0, 0.1) is 0 Å². The molecule has 0 nitrogen and oxygen atoms in total. The predicted octanol–water partition coefficient (Wildman–Crippen LogP) is 12.1. The minimum absolute atomic E-state index is 1.26. The van der Waals surface area contributed by atoms with Gasteiger partial charge in [0.2, 0.25) is 0 Å². The van der Waals surface area contributed by atoms with Crippen molar-refractivity contribution in [1.29, 1.82) is 0 Å². The molecule has 2 heteroatoms. The van der Waals surface area contributed by atoms with E-state index in [-0.39, 0.29) is 0 Å². The molecule has 0 aliphatic heterocycles. The molecule has 0 aliphatic rings. The number of fused-ring (bicyclic) bond motifs is 7. The quantitative estimate of drug-likeness (QED) is 0.191. The lowest BCUT2D eigenvalue weighted by Gasteiger charge is -2.18. The van der Waals surface area contributed by atoms with Crippen LogP contribution < -0.4 is 0 Å². The van der Waals surface area contributed by atoms with Gasteiger partial charge in [0.15, 0.2) is 0 Å². The smallest absolute Gasteiger partial charge is 0.0369 e. The van der Waals surface area contributed by atoms with E-state index in [1.165, 1.54) is 84.8 Å². The van der Waals surface area contributed by atoms with Crippen molar-refractivity contribution in [3.05, 3.63) is 133 Å². The van der Waals surface area contributed by atoms with Crippen LogP contribution >= 0.6 is 22.7 Å². The molecule has 0 spiro atoms. The molecule has 0 saturated carbocycles. The van der Waals surface area contributed by atoms with Crippen molar-refractivity contribution in [3.8, 4) is 22.3 Å². The summed E-state index contributed by atoms with van der Waals surface area (Å²) in [4.78, 5) is 0. The summed E-state index contributed by atoms with van der Waals surface area (Å²) in [6, 6.07) is 47.4. The summed E-state index contributed by atoms with van der Waals surface area (Å²) in [6.07, 6.45) is 0. The molecule has 0 saturated heterocycles. The van der Waals surface area contributed by atoms with Crippen LogP contribution in [0.2, 0.25) is 0 Å². The lowest BCUT2D eigenvalue weighted by atomic mass is 9.85. The molecule has 0 aliphatic carbocycles. The fourth-order valence-corrected chi connectivity index (χ4v) is 8.54. The standard InChI is InChI=1S/C38H22S2/c1-2-8-24-19-26(14-13-23(24)7-1)37-29-9-3-5-11-31(29)38(32-12-6-4-10-30(32)37)27-15-16-28-33-20-25-17-18-39-34(25)22-36(33)40-35(28)21-27/h1-22H. The van der Waals surface area contributed by atoms with E-state index in [0.717, 1.165) is 0 Å². The number of hydrogen-bond acceptors (Lipinski definition) is 2. The first kappa shape index (κ1) is 22.3. The Kier molecular flexibility index (Phi) is 4.74. The fraction of sp³-hybridized carbons (Fsp3) is 0. The van der Waals surface area contributed by atoms with Crippen LogP contribution in [-0.2, 0) is 0 Å². The van der Waals surface area contributed by atoms with Crippen molar-refractivity contribution in [2.24, 2.45) is 0 Å². The zero-order valence-corrected chi connectivity index (χ0v) is 23.2. The third-order valence-electron chi connectivity index (χ3n) is 8.30. The Morgan fingerprint density at radius 3 is 1.68 bits per heavy atom. The van der Waals surface area contributed by atoms with Gasteiger partial charge in [0.05, 0.1) is 0 Å². The molecular formula is C38H22S2. The Morgan fingerprint density at radius 1 is 0.350 bits per heavy atom. The zero-order chi connectivity index (χ0) is 26.2. The van der Waals surface area contributed by atoms with Crippen LogP contribution in [0.5, 0.6) is 0 Å². The number of thiophene rings is 2. The van der Waals surface area contributed by atoms with Gasteiger partial charge in [0.1, 0.15) is 0 Å². The zero-order valence-electron chi connectivity index (χ0n) is 21.5. The average molecular weight is 543 g/mol. The van der Waals surface area contributed by atoms with Gasteiger partial charge in [-0.3, -0.25) is 0 Å². The van der Waals surface area contributed by atoms with Crippen LogP contribution in [0.15, 0.2) is 133 Å².